The van der Waals surface area contributed by atoms with Crippen LogP contribution in [0.25, 0.3) is 11.1 Å². The molecular formula is C31H39N3O5S2. The van der Waals surface area contributed by atoms with Crippen molar-refractivity contribution in [3.8, 4) is 11.1 Å². The summed E-state index contributed by atoms with van der Waals surface area (Å²) in [4.78, 5) is 25.2. The first-order chi connectivity index (χ1) is 19.4. The maximum Gasteiger partial charge on any atom is 0.412 e. The lowest BCUT2D eigenvalue weighted by molar-refractivity contribution is -0.118. The van der Waals surface area contributed by atoms with E-state index in [9.17, 15) is 18.0 Å². The number of hydrogen-bond acceptors (Lipinski definition) is 6. The zero-order valence-electron chi connectivity index (χ0n) is 24.0. The highest BCUT2D eigenvalue weighted by Crippen LogP contribution is 2.22. The Morgan fingerprint density at radius 1 is 0.902 bits per heavy atom. The summed E-state index contributed by atoms with van der Waals surface area (Å²) in [6.07, 6.45) is 1.00. The number of ether oxygens (including phenoxy) is 1. The number of anilines is 1. The number of hydrogen-bond donors (Lipinski definition) is 3. The molecule has 0 radical (unpaired) electrons. The smallest absolute Gasteiger partial charge is 0.412 e. The first-order valence-electron chi connectivity index (χ1n) is 13.6. The van der Waals surface area contributed by atoms with Gasteiger partial charge in [-0.05, 0) is 87.1 Å². The fourth-order valence-electron chi connectivity index (χ4n) is 3.83. The number of carbonyl (C=O) groups is 2. The van der Waals surface area contributed by atoms with Crippen molar-refractivity contribution >= 4 is 39.5 Å². The summed E-state index contributed by atoms with van der Waals surface area (Å²) in [5.74, 6) is 0.322. The molecule has 0 fully saturated rings. The standard InChI is InChI=1S/C31H39N3O5S2/c1-23(21-33-41(37,38)28-18-12-25(13-19-28)24-10-6-5-7-11-24)9-8-20-32-29(35)22-40-27-16-14-26(15-17-27)34-30(36)39-31(2,3)4/h5-7,10-19,23,33H,8-9,20-22H2,1-4H3,(H,32,35)(H,34,36). The Bertz CT molecular complexity index is 1370. The summed E-state index contributed by atoms with van der Waals surface area (Å²) in [5, 5.41) is 5.59. The van der Waals surface area contributed by atoms with E-state index in [0.29, 0.717) is 18.8 Å². The number of carbonyl (C=O) groups excluding carboxylic acids is 2. The molecule has 1 atom stereocenters. The van der Waals surface area contributed by atoms with Crippen molar-refractivity contribution in [1.29, 1.82) is 0 Å². The number of amides is 2. The van der Waals surface area contributed by atoms with E-state index in [2.05, 4.69) is 15.4 Å². The van der Waals surface area contributed by atoms with Gasteiger partial charge in [0.05, 0.1) is 10.6 Å². The molecule has 41 heavy (non-hydrogen) atoms. The molecule has 0 spiro atoms. The van der Waals surface area contributed by atoms with Crippen molar-refractivity contribution in [2.75, 3.05) is 24.2 Å². The fourth-order valence-corrected chi connectivity index (χ4v) is 5.72. The summed E-state index contributed by atoms with van der Waals surface area (Å²) >= 11 is 1.41. The Hall–Kier alpha value is -3.34. The van der Waals surface area contributed by atoms with Crippen LogP contribution >= 0.6 is 11.8 Å². The van der Waals surface area contributed by atoms with Crippen LogP contribution in [0, 0.1) is 5.92 Å². The first kappa shape index (κ1) is 32.2. The molecule has 0 saturated heterocycles. The first-order valence-corrected chi connectivity index (χ1v) is 16.0. The molecule has 0 aliphatic carbocycles. The van der Waals surface area contributed by atoms with Crippen LogP contribution in [-0.2, 0) is 19.6 Å². The third kappa shape index (κ3) is 11.6. The van der Waals surface area contributed by atoms with Crippen molar-refractivity contribution in [3.05, 3.63) is 78.9 Å². The Morgan fingerprint density at radius 2 is 1.54 bits per heavy atom. The highest BCUT2D eigenvalue weighted by molar-refractivity contribution is 8.00. The minimum Gasteiger partial charge on any atom is -0.444 e. The molecule has 0 aliphatic heterocycles. The van der Waals surface area contributed by atoms with Gasteiger partial charge in [-0.2, -0.15) is 0 Å². The Labute approximate surface area is 247 Å². The Morgan fingerprint density at radius 3 is 2.17 bits per heavy atom. The maximum atomic E-state index is 12.7. The van der Waals surface area contributed by atoms with Crippen molar-refractivity contribution in [2.45, 2.75) is 55.9 Å². The van der Waals surface area contributed by atoms with E-state index in [4.69, 9.17) is 4.74 Å². The maximum absolute atomic E-state index is 12.7. The predicted molar refractivity (Wildman–Crippen MR) is 165 cm³/mol. The van der Waals surface area contributed by atoms with E-state index in [1.165, 1.54) is 11.8 Å². The third-order valence-corrected chi connectivity index (χ3v) is 8.41. The van der Waals surface area contributed by atoms with E-state index in [1.54, 1.807) is 45.0 Å². The van der Waals surface area contributed by atoms with Crippen LogP contribution in [0.2, 0.25) is 0 Å². The number of nitrogens with one attached hydrogen (secondary N) is 3. The molecule has 220 valence electrons. The summed E-state index contributed by atoms with van der Waals surface area (Å²) in [6, 6.07) is 23.9. The van der Waals surface area contributed by atoms with Gasteiger partial charge in [0.2, 0.25) is 15.9 Å². The van der Waals surface area contributed by atoms with Gasteiger partial charge in [-0.1, -0.05) is 49.4 Å². The van der Waals surface area contributed by atoms with E-state index < -0.39 is 21.7 Å². The lowest BCUT2D eigenvalue weighted by Gasteiger charge is -2.19. The number of thioether (sulfide) groups is 1. The average molecular weight is 598 g/mol. The minimum atomic E-state index is -3.60. The lowest BCUT2D eigenvalue weighted by atomic mass is 10.1. The molecule has 0 saturated carbocycles. The van der Waals surface area contributed by atoms with Gasteiger partial charge in [-0.15, -0.1) is 11.8 Å². The highest BCUT2D eigenvalue weighted by atomic mass is 32.2. The highest BCUT2D eigenvalue weighted by Gasteiger charge is 2.17. The Kier molecular flexibility index (Phi) is 11.8. The second-order valence-corrected chi connectivity index (χ2v) is 13.6. The van der Waals surface area contributed by atoms with Crippen molar-refractivity contribution < 1.29 is 22.7 Å². The molecule has 3 N–H and O–H groups in total. The van der Waals surface area contributed by atoms with Gasteiger partial charge in [0.25, 0.3) is 0 Å². The molecule has 1 unspecified atom stereocenters. The van der Waals surface area contributed by atoms with Gasteiger partial charge in [0.1, 0.15) is 5.60 Å². The fraction of sp³-hybridized carbons (Fsp3) is 0.355. The molecule has 3 aromatic rings. The monoisotopic (exact) mass is 597 g/mol. The molecule has 3 rings (SSSR count). The number of rotatable bonds is 13. The molecule has 10 heteroatoms. The van der Waals surface area contributed by atoms with Gasteiger partial charge in [0, 0.05) is 23.7 Å². The summed E-state index contributed by atoms with van der Waals surface area (Å²) in [7, 11) is -3.60. The van der Waals surface area contributed by atoms with Crippen LogP contribution in [0.15, 0.2) is 88.7 Å². The molecule has 0 bridgehead atoms. The van der Waals surface area contributed by atoms with E-state index in [1.807, 2.05) is 61.5 Å². The zero-order chi connectivity index (χ0) is 29.9. The molecule has 0 aliphatic rings. The summed E-state index contributed by atoms with van der Waals surface area (Å²) < 4.78 is 33.4. The average Bonchev–Trinajstić information content (AvgIpc) is 2.93. The summed E-state index contributed by atoms with van der Waals surface area (Å²) in [5.41, 5.74) is 2.04. The van der Waals surface area contributed by atoms with Gasteiger partial charge in [0.15, 0.2) is 0 Å². The quantitative estimate of drug-likeness (QED) is 0.157. The second kappa shape index (κ2) is 15.0. The lowest BCUT2D eigenvalue weighted by Crippen LogP contribution is -2.29. The van der Waals surface area contributed by atoms with E-state index in [0.717, 1.165) is 28.9 Å². The SMILES string of the molecule is CC(CCCNC(=O)CSc1ccc(NC(=O)OC(C)(C)C)cc1)CNS(=O)(=O)c1ccc(-c2ccccc2)cc1. The van der Waals surface area contributed by atoms with Crippen molar-refractivity contribution in [2.24, 2.45) is 5.92 Å². The van der Waals surface area contributed by atoms with Crippen LogP contribution in [0.5, 0.6) is 0 Å². The topological polar surface area (TPSA) is 114 Å². The van der Waals surface area contributed by atoms with Crippen LogP contribution in [-0.4, -0.2) is 44.9 Å². The molecule has 0 heterocycles. The second-order valence-electron chi connectivity index (χ2n) is 10.8. The van der Waals surface area contributed by atoms with Gasteiger partial charge < -0.3 is 10.1 Å². The molecule has 8 nitrogen and oxygen atoms in total. The molecule has 3 aromatic carbocycles. The summed E-state index contributed by atoms with van der Waals surface area (Å²) in [6.45, 7) is 8.24. The normalized spacial score (nSPS) is 12.4. The minimum absolute atomic E-state index is 0.0711. The van der Waals surface area contributed by atoms with Gasteiger partial charge in [-0.3, -0.25) is 10.1 Å². The largest absolute Gasteiger partial charge is 0.444 e. The van der Waals surface area contributed by atoms with E-state index in [-0.39, 0.29) is 22.5 Å². The van der Waals surface area contributed by atoms with Crippen LogP contribution < -0.4 is 15.4 Å². The van der Waals surface area contributed by atoms with Crippen LogP contribution in [0.3, 0.4) is 0 Å². The zero-order valence-corrected chi connectivity index (χ0v) is 25.6. The van der Waals surface area contributed by atoms with Gasteiger partial charge >= 0.3 is 6.09 Å². The van der Waals surface area contributed by atoms with Crippen molar-refractivity contribution in [1.82, 2.24) is 10.0 Å². The third-order valence-electron chi connectivity index (χ3n) is 5.96. The van der Waals surface area contributed by atoms with Crippen LogP contribution in [0.4, 0.5) is 10.5 Å². The van der Waals surface area contributed by atoms with E-state index >= 15 is 0 Å². The van der Waals surface area contributed by atoms with Crippen LogP contribution in [0.1, 0.15) is 40.5 Å². The van der Waals surface area contributed by atoms with Crippen molar-refractivity contribution in [3.63, 3.8) is 0 Å². The molecular weight excluding hydrogens is 558 g/mol. The predicted octanol–water partition coefficient (Wildman–Crippen LogP) is 6.30. The number of benzene rings is 3. The number of sulfonamides is 1. The Balaban J connectivity index is 1.31. The molecule has 2 amide bonds. The molecule has 0 aromatic heterocycles. The van der Waals surface area contributed by atoms with Gasteiger partial charge in [-0.25, -0.2) is 17.9 Å².